The molecule has 3 heterocycles. The lowest BCUT2D eigenvalue weighted by molar-refractivity contribution is 0.565. The standard InChI is InChI=1S/C27H30ClN5/c1-19-25(21-12-8-9-13-22(21)28)26-29-23(27(2,3)4)18-24(33(26)30-19)32-16-14-31(15-17-32)20-10-6-5-7-11-20/h5-13,18H,14-17H2,1-4H3. The van der Waals surface area contributed by atoms with Gasteiger partial charge in [-0.1, -0.05) is 68.8 Å². The largest absolute Gasteiger partial charge is 0.368 e. The van der Waals surface area contributed by atoms with Crippen LogP contribution in [0.1, 0.15) is 32.2 Å². The zero-order valence-electron chi connectivity index (χ0n) is 19.7. The van der Waals surface area contributed by atoms with Crippen molar-refractivity contribution >= 4 is 28.8 Å². The maximum atomic E-state index is 6.60. The Morgan fingerprint density at radius 2 is 1.48 bits per heavy atom. The first-order valence-electron chi connectivity index (χ1n) is 11.5. The molecule has 5 nitrogen and oxygen atoms in total. The minimum Gasteiger partial charge on any atom is -0.368 e. The second kappa shape index (κ2) is 8.38. The first-order chi connectivity index (χ1) is 15.8. The number of para-hydroxylation sites is 1. The summed E-state index contributed by atoms with van der Waals surface area (Å²) < 4.78 is 2.02. The number of hydrogen-bond donors (Lipinski definition) is 0. The Bertz CT molecular complexity index is 1280. The molecule has 1 aliphatic heterocycles. The highest BCUT2D eigenvalue weighted by Crippen LogP contribution is 2.36. The highest BCUT2D eigenvalue weighted by Gasteiger charge is 2.26. The number of halogens is 1. The van der Waals surface area contributed by atoms with E-state index < -0.39 is 0 Å². The number of fused-ring (bicyclic) bond motifs is 1. The average molecular weight is 460 g/mol. The summed E-state index contributed by atoms with van der Waals surface area (Å²) in [4.78, 5) is 9.99. The maximum absolute atomic E-state index is 6.60. The van der Waals surface area contributed by atoms with Gasteiger partial charge >= 0.3 is 0 Å². The van der Waals surface area contributed by atoms with Crippen LogP contribution in [-0.4, -0.2) is 40.8 Å². The Morgan fingerprint density at radius 3 is 2.15 bits per heavy atom. The van der Waals surface area contributed by atoms with Crippen molar-refractivity contribution in [2.75, 3.05) is 36.0 Å². The molecule has 1 fully saturated rings. The summed E-state index contributed by atoms with van der Waals surface area (Å²) in [5.41, 5.74) is 6.05. The van der Waals surface area contributed by atoms with E-state index in [0.29, 0.717) is 0 Å². The Balaban J connectivity index is 1.59. The molecule has 0 aliphatic carbocycles. The lowest BCUT2D eigenvalue weighted by Crippen LogP contribution is -2.47. The van der Waals surface area contributed by atoms with Gasteiger partial charge in [-0.25, -0.2) is 4.98 Å². The maximum Gasteiger partial charge on any atom is 0.165 e. The molecule has 0 spiro atoms. The smallest absolute Gasteiger partial charge is 0.165 e. The fourth-order valence-corrected chi connectivity index (χ4v) is 4.76. The number of piperazine rings is 1. The topological polar surface area (TPSA) is 36.7 Å². The fraction of sp³-hybridized carbons (Fsp3) is 0.333. The summed E-state index contributed by atoms with van der Waals surface area (Å²) in [6.07, 6.45) is 0. The quantitative estimate of drug-likeness (QED) is 0.377. The first-order valence-corrected chi connectivity index (χ1v) is 11.9. The molecule has 0 amide bonds. The van der Waals surface area contributed by atoms with Gasteiger partial charge in [-0.05, 0) is 25.1 Å². The second-order valence-corrected chi connectivity index (χ2v) is 10.1. The summed E-state index contributed by atoms with van der Waals surface area (Å²) in [7, 11) is 0. The van der Waals surface area contributed by atoms with Crippen molar-refractivity contribution in [3.63, 3.8) is 0 Å². The van der Waals surface area contributed by atoms with E-state index >= 15 is 0 Å². The first kappa shape index (κ1) is 21.8. The SMILES string of the molecule is Cc1nn2c(N3CCN(c4ccccc4)CC3)cc(C(C)(C)C)nc2c1-c1ccccc1Cl. The van der Waals surface area contributed by atoms with Crippen molar-refractivity contribution in [2.45, 2.75) is 33.1 Å². The minimum atomic E-state index is -0.0850. The molecule has 0 atom stereocenters. The van der Waals surface area contributed by atoms with Crippen LogP contribution in [0.15, 0.2) is 60.7 Å². The summed E-state index contributed by atoms with van der Waals surface area (Å²) in [5.74, 6) is 1.10. The number of aryl methyl sites for hydroxylation is 1. The predicted octanol–water partition coefficient (Wildman–Crippen LogP) is 5.98. The van der Waals surface area contributed by atoms with Crippen molar-refractivity contribution in [1.82, 2.24) is 14.6 Å². The van der Waals surface area contributed by atoms with Crippen LogP contribution in [0.2, 0.25) is 5.02 Å². The third kappa shape index (κ3) is 4.06. The van der Waals surface area contributed by atoms with E-state index in [-0.39, 0.29) is 5.41 Å². The summed E-state index contributed by atoms with van der Waals surface area (Å²) in [6.45, 7) is 12.5. The Morgan fingerprint density at radius 1 is 0.848 bits per heavy atom. The number of hydrogen-bond acceptors (Lipinski definition) is 4. The predicted molar refractivity (Wildman–Crippen MR) is 138 cm³/mol. The summed E-state index contributed by atoms with van der Waals surface area (Å²) >= 11 is 6.60. The lowest BCUT2D eigenvalue weighted by atomic mass is 9.91. The number of nitrogens with zero attached hydrogens (tertiary/aromatic N) is 5. The Kier molecular flexibility index (Phi) is 5.53. The van der Waals surface area contributed by atoms with E-state index in [4.69, 9.17) is 21.7 Å². The van der Waals surface area contributed by atoms with Crippen LogP contribution in [-0.2, 0) is 5.41 Å². The Labute approximate surface area is 200 Å². The zero-order valence-corrected chi connectivity index (χ0v) is 20.5. The molecule has 2 aromatic carbocycles. The van der Waals surface area contributed by atoms with E-state index in [0.717, 1.165) is 65.2 Å². The number of benzene rings is 2. The van der Waals surface area contributed by atoms with Crippen molar-refractivity contribution in [3.05, 3.63) is 77.1 Å². The van der Waals surface area contributed by atoms with Crippen LogP contribution in [0.25, 0.3) is 16.8 Å². The molecule has 33 heavy (non-hydrogen) atoms. The van der Waals surface area contributed by atoms with E-state index in [2.05, 4.69) is 73.0 Å². The van der Waals surface area contributed by atoms with Crippen molar-refractivity contribution in [1.29, 1.82) is 0 Å². The molecular formula is C27H30ClN5. The molecule has 1 saturated heterocycles. The molecule has 170 valence electrons. The van der Waals surface area contributed by atoms with Crippen molar-refractivity contribution in [3.8, 4) is 11.1 Å². The van der Waals surface area contributed by atoms with Gasteiger partial charge in [0.05, 0.1) is 17.0 Å². The molecule has 5 rings (SSSR count). The lowest BCUT2D eigenvalue weighted by Gasteiger charge is -2.37. The van der Waals surface area contributed by atoms with Crippen LogP contribution >= 0.6 is 11.6 Å². The van der Waals surface area contributed by atoms with Gasteiger partial charge in [-0.3, -0.25) is 0 Å². The highest BCUT2D eigenvalue weighted by atomic mass is 35.5. The van der Waals surface area contributed by atoms with Crippen LogP contribution < -0.4 is 9.80 Å². The summed E-state index contributed by atoms with van der Waals surface area (Å²) in [6, 6.07) is 20.8. The van der Waals surface area contributed by atoms with Crippen LogP contribution in [0, 0.1) is 6.92 Å². The van der Waals surface area contributed by atoms with E-state index in [1.165, 1.54) is 5.69 Å². The third-order valence-electron chi connectivity index (χ3n) is 6.38. The van der Waals surface area contributed by atoms with Gasteiger partial charge in [-0.2, -0.15) is 9.61 Å². The number of anilines is 2. The second-order valence-electron chi connectivity index (χ2n) is 9.73. The molecule has 6 heteroatoms. The molecule has 4 aromatic rings. The number of aromatic nitrogens is 3. The minimum absolute atomic E-state index is 0.0850. The van der Waals surface area contributed by atoms with Gasteiger partial charge in [0.15, 0.2) is 5.65 Å². The molecule has 0 unspecified atom stereocenters. The van der Waals surface area contributed by atoms with E-state index in [1.54, 1.807) is 0 Å². The Hall–Kier alpha value is -3.05. The van der Waals surface area contributed by atoms with Gasteiger partial charge in [0.25, 0.3) is 0 Å². The van der Waals surface area contributed by atoms with Gasteiger partial charge in [-0.15, -0.1) is 0 Å². The third-order valence-corrected chi connectivity index (χ3v) is 6.71. The molecule has 0 N–H and O–H groups in total. The van der Waals surface area contributed by atoms with E-state index in [1.807, 2.05) is 29.6 Å². The van der Waals surface area contributed by atoms with Gasteiger partial charge in [0.2, 0.25) is 0 Å². The number of rotatable bonds is 3. The highest BCUT2D eigenvalue weighted by molar-refractivity contribution is 6.33. The van der Waals surface area contributed by atoms with Gasteiger partial charge in [0.1, 0.15) is 5.82 Å². The van der Waals surface area contributed by atoms with Crippen molar-refractivity contribution in [2.24, 2.45) is 0 Å². The molecular weight excluding hydrogens is 430 g/mol. The molecule has 2 aromatic heterocycles. The van der Waals surface area contributed by atoms with E-state index in [9.17, 15) is 0 Å². The van der Waals surface area contributed by atoms with Gasteiger partial charge in [0, 0.05) is 53.9 Å². The molecule has 0 saturated carbocycles. The van der Waals surface area contributed by atoms with Gasteiger partial charge < -0.3 is 9.80 Å². The van der Waals surface area contributed by atoms with Crippen LogP contribution in [0.4, 0.5) is 11.5 Å². The molecule has 0 bridgehead atoms. The summed E-state index contributed by atoms with van der Waals surface area (Å²) in [5, 5.41) is 5.67. The molecule has 1 aliphatic rings. The average Bonchev–Trinajstić information content (AvgIpc) is 3.14. The monoisotopic (exact) mass is 459 g/mol. The van der Waals surface area contributed by atoms with Crippen LogP contribution in [0.5, 0.6) is 0 Å². The fourth-order valence-electron chi connectivity index (χ4n) is 4.53. The zero-order chi connectivity index (χ0) is 23.2. The van der Waals surface area contributed by atoms with Crippen LogP contribution in [0.3, 0.4) is 0 Å². The normalized spacial score (nSPS) is 14.8. The molecule has 0 radical (unpaired) electrons. The van der Waals surface area contributed by atoms with Crippen molar-refractivity contribution < 1.29 is 0 Å².